The van der Waals surface area contributed by atoms with Gasteiger partial charge in [0, 0.05) is 0 Å². The summed E-state index contributed by atoms with van der Waals surface area (Å²) in [6, 6.07) is -1.86. The summed E-state index contributed by atoms with van der Waals surface area (Å²) in [5.74, 6) is -0.166. The van der Waals surface area contributed by atoms with Crippen LogP contribution in [0.1, 0.15) is 98.3 Å². The molecule has 0 radical (unpaired) electrons. The van der Waals surface area contributed by atoms with Gasteiger partial charge in [0.2, 0.25) is 5.91 Å². The predicted molar refractivity (Wildman–Crippen MR) is 148 cm³/mol. The fraction of sp³-hybridized carbons (Fsp3) is 0.800. The van der Waals surface area contributed by atoms with E-state index >= 15 is 0 Å². The molecule has 218 valence electrons. The molecule has 0 unspecified atom stereocenters. The van der Waals surface area contributed by atoms with Crippen molar-refractivity contribution in [1.29, 1.82) is 0 Å². The van der Waals surface area contributed by atoms with Crippen molar-refractivity contribution < 1.29 is 29.4 Å². The summed E-state index contributed by atoms with van der Waals surface area (Å²) in [6.07, 6.45) is 12.3. The van der Waals surface area contributed by atoms with E-state index in [0.717, 1.165) is 57.1 Å². The van der Waals surface area contributed by atoms with Crippen LogP contribution in [0, 0.1) is 28.6 Å². The van der Waals surface area contributed by atoms with Gasteiger partial charge in [-0.3, -0.25) is 9.59 Å². The van der Waals surface area contributed by atoms with Crippen LogP contribution in [-0.2, 0) is 19.2 Å². The number of aliphatic hydroxyl groups excluding tert-OH is 1. The van der Waals surface area contributed by atoms with Crippen LogP contribution in [0.4, 0.5) is 0 Å². The van der Waals surface area contributed by atoms with E-state index in [1.165, 1.54) is 18.9 Å². The van der Waals surface area contributed by atoms with Gasteiger partial charge >= 0.3 is 5.97 Å². The summed E-state index contributed by atoms with van der Waals surface area (Å²) in [7, 11) is 0. The number of amides is 2. The predicted octanol–water partition coefficient (Wildman–Crippen LogP) is 3.95. The number of unbranched alkanes of at least 4 members (excludes halogenated alkanes) is 1. The van der Waals surface area contributed by atoms with Crippen LogP contribution in [0.5, 0.6) is 0 Å². The molecule has 0 heterocycles. The summed E-state index contributed by atoms with van der Waals surface area (Å²) < 4.78 is 0. The molecule has 2 amide bonds. The number of rotatable bonds is 10. The lowest BCUT2D eigenvalue weighted by Crippen LogP contribution is -2.51. The smallest absolute Gasteiger partial charge is 0.326 e. The average Bonchev–Trinajstić information content (AvgIpc) is 3.20. The van der Waals surface area contributed by atoms with Crippen LogP contribution in [0.3, 0.4) is 0 Å². The first-order valence-electron chi connectivity index (χ1n) is 14.9. The van der Waals surface area contributed by atoms with E-state index in [4.69, 9.17) is 4.84 Å². The average molecular weight is 546 g/mol. The van der Waals surface area contributed by atoms with Gasteiger partial charge in [-0.25, -0.2) is 4.79 Å². The maximum atomic E-state index is 12.4. The van der Waals surface area contributed by atoms with Crippen LogP contribution >= 0.6 is 0 Å². The largest absolute Gasteiger partial charge is 0.480 e. The van der Waals surface area contributed by atoms with Crippen molar-refractivity contribution in [3.63, 3.8) is 0 Å². The van der Waals surface area contributed by atoms with Crippen molar-refractivity contribution in [2.24, 2.45) is 33.7 Å². The van der Waals surface area contributed by atoms with Gasteiger partial charge in [-0.2, -0.15) is 0 Å². The number of aliphatic carboxylic acids is 1. The van der Waals surface area contributed by atoms with E-state index in [1.807, 2.05) is 6.92 Å². The van der Waals surface area contributed by atoms with Crippen LogP contribution < -0.4 is 10.6 Å². The van der Waals surface area contributed by atoms with Gasteiger partial charge in [0.25, 0.3) is 5.91 Å². The number of aliphatic hydroxyl groups is 1. The standard InChI is InChI=1S/C30H47N3O6/c1-5-6-7-24(28(37)38)32-27(36)18(2)31-26(35)17-39-33-20-12-14-29(3)19(16-20)8-9-21-22-10-11-25(34)30(22,4)15-13-23(21)29/h16,18,21-25,34H,5-15,17H2,1-4H3,(H,31,35)(H,32,36)(H,37,38)/b33-20+/t18-,21-,22-,23-,24+,25+,29-,30-/m0/s1. The van der Waals surface area contributed by atoms with E-state index in [9.17, 15) is 24.6 Å². The Morgan fingerprint density at radius 3 is 2.59 bits per heavy atom. The topological polar surface area (TPSA) is 137 Å². The molecule has 4 aliphatic rings. The lowest BCUT2D eigenvalue weighted by Gasteiger charge is -2.57. The quantitative estimate of drug-likeness (QED) is 0.307. The third-order valence-electron chi connectivity index (χ3n) is 10.5. The maximum absolute atomic E-state index is 12.4. The van der Waals surface area contributed by atoms with Crippen LogP contribution in [0.2, 0.25) is 0 Å². The molecular weight excluding hydrogens is 498 g/mol. The second-order valence-electron chi connectivity index (χ2n) is 12.8. The van der Waals surface area contributed by atoms with Crippen molar-refractivity contribution in [1.82, 2.24) is 10.6 Å². The first-order chi connectivity index (χ1) is 18.5. The maximum Gasteiger partial charge on any atom is 0.326 e. The number of oxime groups is 1. The van der Waals surface area contributed by atoms with Crippen molar-refractivity contribution in [3.8, 4) is 0 Å². The number of nitrogens with zero attached hydrogens (tertiary/aromatic N) is 1. The third kappa shape index (κ3) is 6.03. The summed E-state index contributed by atoms with van der Waals surface area (Å²) >= 11 is 0. The first-order valence-corrected chi connectivity index (χ1v) is 14.9. The zero-order chi connectivity index (χ0) is 28.4. The fourth-order valence-electron chi connectivity index (χ4n) is 8.10. The Balaban J connectivity index is 1.28. The first kappa shape index (κ1) is 29.6. The highest BCUT2D eigenvalue weighted by Gasteiger charge is 2.58. The number of carbonyl (C=O) groups is 3. The molecule has 4 N–H and O–H groups in total. The van der Waals surface area contributed by atoms with Gasteiger partial charge < -0.3 is 25.7 Å². The highest BCUT2D eigenvalue weighted by Crippen LogP contribution is 2.65. The lowest BCUT2D eigenvalue weighted by molar-refractivity contribution is -0.142. The third-order valence-corrected chi connectivity index (χ3v) is 10.5. The molecule has 0 aliphatic heterocycles. The normalized spacial score (nSPS) is 36.0. The molecule has 0 aromatic carbocycles. The number of allylic oxidation sites excluding steroid dienone is 2. The number of nitrogens with one attached hydrogen (secondary N) is 2. The molecule has 8 atom stereocenters. The van der Waals surface area contributed by atoms with Crippen molar-refractivity contribution in [2.75, 3.05) is 6.61 Å². The molecule has 0 spiro atoms. The van der Waals surface area contributed by atoms with Gasteiger partial charge in [-0.05, 0) is 99.4 Å². The minimum atomic E-state index is -1.08. The molecular formula is C30H47N3O6. The molecule has 0 bridgehead atoms. The van der Waals surface area contributed by atoms with Crippen LogP contribution in [0.25, 0.3) is 0 Å². The molecule has 4 rings (SSSR count). The molecule has 0 aromatic heterocycles. The van der Waals surface area contributed by atoms with E-state index in [2.05, 4.69) is 35.7 Å². The Bertz CT molecular complexity index is 1010. The SMILES string of the molecule is CCCC[C@@H](NC(=O)[C@H](C)NC(=O)CO/N=C1/C=C2CC[C@H]3[C@@H]4CC[C@@H](O)[C@@]4(C)CC[C@@H]3[C@@]2(C)CC1)C(=O)O. The molecule has 3 fully saturated rings. The van der Waals surface area contributed by atoms with Crippen LogP contribution in [-0.4, -0.2) is 58.5 Å². The van der Waals surface area contributed by atoms with E-state index in [-0.39, 0.29) is 23.5 Å². The van der Waals surface area contributed by atoms with Gasteiger partial charge in [0.1, 0.15) is 12.1 Å². The second-order valence-corrected chi connectivity index (χ2v) is 12.8. The minimum Gasteiger partial charge on any atom is -0.480 e. The Kier molecular flexibility index (Phi) is 9.08. The number of carboxylic acid groups (broad SMARTS) is 1. The summed E-state index contributed by atoms with van der Waals surface area (Å²) in [6.45, 7) is 7.88. The highest BCUT2D eigenvalue weighted by molar-refractivity contribution is 5.96. The number of carboxylic acids is 1. The molecule has 9 nitrogen and oxygen atoms in total. The molecule has 4 aliphatic carbocycles. The Labute approximate surface area is 232 Å². The highest BCUT2D eigenvalue weighted by atomic mass is 16.6. The van der Waals surface area contributed by atoms with Crippen LogP contribution in [0.15, 0.2) is 16.8 Å². The lowest BCUT2D eigenvalue weighted by atomic mass is 9.47. The van der Waals surface area contributed by atoms with Crippen molar-refractivity contribution in [3.05, 3.63) is 11.6 Å². The zero-order valence-electron chi connectivity index (χ0n) is 24.0. The van der Waals surface area contributed by atoms with Crippen molar-refractivity contribution in [2.45, 2.75) is 117 Å². The molecule has 3 saturated carbocycles. The summed E-state index contributed by atoms with van der Waals surface area (Å²) in [5, 5.41) is 29.3. The van der Waals surface area contributed by atoms with E-state index < -0.39 is 29.9 Å². The van der Waals surface area contributed by atoms with Gasteiger partial charge in [-0.1, -0.05) is 44.3 Å². The molecule has 9 heteroatoms. The number of hydrogen-bond donors (Lipinski definition) is 4. The molecule has 0 saturated heterocycles. The Hall–Kier alpha value is -2.42. The van der Waals surface area contributed by atoms with Gasteiger partial charge in [0.15, 0.2) is 6.61 Å². The fourth-order valence-corrected chi connectivity index (χ4v) is 8.10. The number of hydrogen-bond acceptors (Lipinski definition) is 6. The number of fused-ring (bicyclic) bond motifs is 5. The zero-order valence-corrected chi connectivity index (χ0v) is 24.0. The van der Waals surface area contributed by atoms with Crippen molar-refractivity contribution >= 4 is 23.5 Å². The van der Waals surface area contributed by atoms with E-state index in [0.29, 0.717) is 30.6 Å². The van der Waals surface area contributed by atoms with E-state index in [1.54, 1.807) is 0 Å². The Morgan fingerprint density at radius 1 is 1.10 bits per heavy atom. The summed E-state index contributed by atoms with van der Waals surface area (Å²) in [5.41, 5.74) is 2.52. The minimum absolute atomic E-state index is 0.0830. The monoisotopic (exact) mass is 545 g/mol. The van der Waals surface area contributed by atoms with Gasteiger partial charge in [-0.15, -0.1) is 0 Å². The Morgan fingerprint density at radius 2 is 1.87 bits per heavy atom. The summed E-state index contributed by atoms with van der Waals surface area (Å²) in [4.78, 5) is 41.4. The molecule has 39 heavy (non-hydrogen) atoms. The second kappa shape index (κ2) is 12.0. The molecule has 0 aromatic rings. The number of carbonyl (C=O) groups excluding carboxylic acids is 2. The van der Waals surface area contributed by atoms with Gasteiger partial charge in [0.05, 0.1) is 11.8 Å².